The molecule has 1 aliphatic rings. The van der Waals surface area contributed by atoms with E-state index in [2.05, 4.69) is 15.6 Å². The zero-order valence-electron chi connectivity index (χ0n) is 17.7. The van der Waals surface area contributed by atoms with Gasteiger partial charge in [-0.1, -0.05) is 54.2 Å². The van der Waals surface area contributed by atoms with E-state index in [1.165, 1.54) is 11.3 Å². The molecule has 0 bridgehead atoms. The highest BCUT2D eigenvalue weighted by Gasteiger charge is 2.29. The lowest BCUT2D eigenvalue weighted by atomic mass is 9.90. The summed E-state index contributed by atoms with van der Waals surface area (Å²) in [6, 6.07) is 13.9. The average Bonchev–Trinajstić information content (AvgIpc) is 3.31. The van der Waals surface area contributed by atoms with Gasteiger partial charge in [0.2, 0.25) is 0 Å². The second kappa shape index (κ2) is 11.0. The lowest BCUT2D eigenvalue weighted by molar-refractivity contribution is 0.0860. The predicted octanol–water partition coefficient (Wildman–Crippen LogP) is 5.50. The molecule has 1 heterocycles. The molecule has 2 atom stereocenters. The number of carbonyl (C=O) groups excluding carboxylic acids is 2. The van der Waals surface area contributed by atoms with Crippen molar-refractivity contribution < 1.29 is 14.3 Å². The van der Waals surface area contributed by atoms with E-state index in [-0.39, 0.29) is 23.9 Å². The number of nitrogens with one attached hydrogen (secondary N) is 2. The Bertz CT molecular complexity index is 1120. The number of thiazole rings is 1. The third-order valence-corrected chi connectivity index (χ3v) is 7.03. The molecule has 3 aromatic rings. The van der Waals surface area contributed by atoms with E-state index >= 15 is 0 Å². The van der Waals surface area contributed by atoms with Crippen LogP contribution in [0.5, 0.6) is 5.75 Å². The van der Waals surface area contributed by atoms with Crippen molar-refractivity contribution in [1.82, 2.24) is 15.6 Å². The molecule has 4 rings (SSSR count). The number of hydrogen-bond donors (Lipinski definition) is 2. The quantitative estimate of drug-likeness (QED) is 0.445. The van der Waals surface area contributed by atoms with E-state index in [0.717, 1.165) is 36.4 Å². The Morgan fingerprint density at radius 3 is 2.36 bits per heavy atom. The summed E-state index contributed by atoms with van der Waals surface area (Å²) >= 11 is 13.4. The molecule has 2 aromatic carbocycles. The van der Waals surface area contributed by atoms with E-state index in [1.54, 1.807) is 23.6 Å². The number of hydrogen-bond acceptors (Lipinski definition) is 5. The summed E-state index contributed by atoms with van der Waals surface area (Å²) in [6.07, 6.45) is 3.53. The van der Waals surface area contributed by atoms with E-state index in [4.69, 9.17) is 27.9 Å². The molecule has 0 saturated heterocycles. The molecule has 9 heteroatoms. The number of benzene rings is 2. The first kappa shape index (κ1) is 23.5. The molecule has 6 nitrogen and oxygen atoms in total. The molecular formula is C24H23Cl2N3O3S. The second-order valence-corrected chi connectivity index (χ2v) is 9.56. The summed E-state index contributed by atoms with van der Waals surface area (Å²) in [7, 11) is 0. The molecule has 2 amide bonds. The molecule has 0 aliphatic heterocycles. The Labute approximate surface area is 206 Å². The first-order valence-corrected chi connectivity index (χ1v) is 12.3. The Morgan fingerprint density at radius 2 is 1.67 bits per heavy atom. The van der Waals surface area contributed by atoms with Crippen LogP contribution in [0.15, 0.2) is 53.9 Å². The van der Waals surface area contributed by atoms with Crippen LogP contribution in [0.25, 0.3) is 0 Å². The molecule has 0 radical (unpaired) electrons. The van der Waals surface area contributed by atoms with E-state index in [0.29, 0.717) is 27.9 Å². The first-order chi connectivity index (χ1) is 16.0. The summed E-state index contributed by atoms with van der Waals surface area (Å²) in [5.41, 5.74) is 0.786. The maximum absolute atomic E-state index is 12.8. The van der Waals surface area contributed by atoms with Gasteiger partial charge >= 0.3 is 0 Å². The minimum absolute atomic E-state index is 0.177. The summed E-state index contributed by atoms with van der Waals surface area (Å²) in [5.74, 6) is 0.257. The summed E-state index contributed by atoms with van der Waals surface area (Å²) < 4.78 is 5.70. The van der Waals surface area contributed by atoms with Crippen LogP contribution in [0.1, 0.15) is 51.5 Å². The smallest absolute Gasteiger partial charge is 0.271 e. The predicted molar refractivity (Wildman–Crippen MR) is 130 cm³/mol. The number of halogens is 2. The SMILES string of the molecule is O=C(NC1CCCCC1NC(=O)c1csc(COc2ccccc2)n1)c1ccc(Cl)c(Cl)c1. The van der Waals surface area contributed by atoms with Crippen LogP contribution < -0.4 is 15.4 Å². The highest BCUT2D eigenvalue weighted by Crippen LogP contribution is 2.24. The van der Waals surface area contributed by atoms with E-state index in [9.17, 15) is 9.59 Å². The van der Waals surface area contributed by atoms with Gasteiger partial charge in [0, 0.05) is 23.0 Å². The monoisotopic (exact) mass is 503 g/mol. The lowest BCUT2D eigenvalue weighted by Crippen LogP contribution is -2.53. The van der Waals surface area contributed by atoms with Gasteiger partial charge in [-0.2, -0.15) is 0 Å². The van der Waals surface area contributed by atoms with Crippen LogP contribution in [-0.4, -0.2) is 28.9 Å². The topological polar surface area (TPSA) is 80.3 Å². The van der Waals surface area contributed by atoms with Crippen molar-refractivity contribution in [1.29, 1.82) is 0 Å². The number of carbonyl (C=O) groups is 2. The van der Waals surface area contributed by atoms with Gasteiger partial charge in [0.15, 0.2) is 0 Å². The Hall–Kier alpha value is -2.61. The minimum Gasteiger partial charge on any atom is -0.486 e. The van der Waals surface area contributed by atoms with E-state index in [1.807, 2.05) is 30.3 Å². The minimum atomic E-state index is -0.252. The fourth-order valence-electron chi connectivity index (χ4n) is 3.75. The van der Waals surface area contributed by atoms with Gasteiger partial charge in [0.1, 0.15) is 23.1 Å². The zero-order chi connectivity index (χ0) is 23.2. The Morgan fingerprint density at radius 1 is 0.970 bits per heavy atom. The maximum Gasteiger partial charge on any atom is 0.271 e. The largest absolute Gasteiger partial charge is 0.486 e. The van der Waals surface area contributed by atoms with Crippen molar-refractivity contribution in [3.05, 3.63) is 80.2 Å². The van der Waals surface area contributed by atoms with Gasteiger partial charge in [-0.25, -0.2) is 4.98 Å². The van der Waals surface area contributed by atoms with Crippen molar-refractivity contribution in [3.63, 3.8) is 0 Å². The molecule has 1 fully saturated rings. The summed E-state index contributed by atoms with van der Waals surface area (Å²) in [6.45, 7) is 0.299. The molecule has 1 saturated carbocycles. The van der Waals surface area contributed by atoms with Crippen LogP contribution in [0.2, 0.25) is 10.0 Å². The molecule has 33 heavy (non-hydrogen) atoms. The van der Waals surface area contributed by atoms with Gasteiger partial charge in [-0.05, 0) is 43.2 Å². The summed E-state index contributed by atoms with van der Waals surface area (Å²) in [5, 5.41) is 9.26. The molecule has 172 valence electrons. The van der Waals surface area contributed by atoms with Gasteiger partial charge < -0.3 is 15.4 Å². The van der Waals surface area contributed by atoms with Crippen LogP contribution in [0.4, 0.5) is 0 Å². The average molecular weight is 504 g/mol. The molecule has 1 aromatic heterocycles. The van der Waals surface area contributed by atoms with Crippen molar-refractivity contribution in [3.8, 4) is 5.75 Å². The van der Waals surface area contributed by atoms with Crippen molar-refractivity contribution in [2.24, 2.45) is 0 Å². The van der Waals surface area contributed by atoms with Crippen molar-refractivity contribution >= 4 is 46.4 Å². The maximum atomic E-state index is 12.8. The number of nitrogens with zero attached hydrogens (tertiary/aromatic N) is 1. The molecule has 1 aliphatic carbocycles. The van der Waals surface area contributed by atoms with Crippen LogP contribution >= 0.6 is 34.5 Å². The fourth-order valence-corrected chi connectivity index (χ4v) is 4.73. The Balaban J connectivity index is 1.35. The van der Waals surface area contributed by atoms with Gasteiger partial charge in [-0.3, -0.25) is 9.59 Å². The first-order valence-electron chi connectivity index (χ1n) is 10.7. The third kappa shape index (κ3) is 6.25. The highest BCUT2D eigenvalue weighted by molar-refractivity contribution is 7.09. The van der Waals surface area contributed by atoms with Crippen LogP contribution in [0.3, 0.4) is 0 Å². The number of amides is 2. The molecule has 2 N–H and O–H groups in total. The number of ether oxygens (including phenoxy) is 1. The zero-order valence-corrected chi connectivity index (χ0v) is 20.1. The van der Waals surface area contributed by atoms with E-state index < -0.39 is 0 Å². The number of aromatic nitrogens is 1. The lowest BCUT2D eigenvalue weighted by Gasteiger charge is -2.32. The van der Waals surface area contributed by atoms with Crippen LogP contribution in [-0.2, 0) is 6.61 Å². The fraction of sp³-hybridized carbons (Fsp3) is 0.292. The normalized spacial score (nSPS) is 17.9. The van der Waals surface area contributed by atoms with Gasteiger partial charge in [-0.15, -0.1) is 11.3 Å². The standard InChI is InChI=1S/C24H23Cl2N3O3S/c25-17-11-10-15(12-18(17)26)23(30)28-19-8-4-5-9-20(19)29-24(31)21-14-33-22(27-21)13-32-16-6-2-1-3-7-16/h1-3,6-7,10-12,14,19-20H,4-5,8-9,13H2,(H,28,30)(H,29,31). The third-order valence-electron chi connectivity index (χ3n) is 5.47. The number of para-hydroxylation sites is 1. The Kier molecular flexibility index (Phi) is 7.85. The van der Waals surface area contributed by atoms with Gasteiger partial charge in [0.05, 0.1) is 10.0 Å². The molecule has 2 unspecified atom stereocenters. The van der Waals surface area contributed by atoms with Crippen molar-refractivity contribution in [2.75, 3.05) is 0 Å². The second-order valence-electron chi connectivity index (χ2n) is 7.80. The summed E-state index contributed by atoms with van der Waals surface area (Å²) in [4.78, 5) is 30.0. The highest BCUT2D eigenvalue weighted by atomic mass is 35.5. The number of rotatable bonds is 7. The molecule has 0 spiro atoms. The van der Waals surface area contributed by atoms with Gasteiger partial charge in [0.25, 0.3) is 11.8 Å². The molecular weight excluding hydrogens is 481 g/mol. The van der Waals surface area contributed by atoms with Crippen molar-refractivity contribution in [2.45, 2.75) is 44.4 Å². The van der Waals surface area contributed by atoms with Crippen LogP contribution in [0, 0.1) is 0 Å².